The largest absolute Gasteiger partial charge is 0.323 e. The first kappa shape index (κ1) is 14.0. The first-order valence-corrected chi connectivity index (χ1v) is 6.46. The van der Waals surface area contributed by atoms with Crippen molar-refractivity contribution < 1.29 is 9.18 Å². The molecular formula is C13H18FNOS. The second-order valence-electron chi connectivity index (χ2n) is 4.93. The van der Waals surface area contributed by atoms with E-state index >= 15 is 0 Å². The van der Waals surface area contributed by atoms with E-state index < -0.39 is 0 Å². The lowest BCUT2D eigenvalue weighted by molar-refractivity contribution is -0.113. The van der Waals surface area contributed by atoms with Crippen LogP contribution in [0.15, 0.2) is 18.2 Å². The zero-order valence-corrected chi connectivity index (χ0v) is 11.5. The van der Waals surface area contributed by atoms with E-state index in [4.69, 9.17) is 0 Å². The molecule has 4 heteroatoms. The molecule has 1 rings (SSSR count). The van der Waals surface area contributed by atoms with E-state index in [1.807, 2.05) is 27.7 Å². The summed E-state index contributed by atoms with van der Waals surface area (Å²) in [5.41, 5.74) is 1.08. The monoisotopic (exact) mass is 255 g/mol. The highest BCUT2D eigenvalue weighted by Crippen LogP contribution is 2.23. The zero-order chi connectivity index (χ0) is 13.1. The molecule has 94 valence electrons. The van der Waals surface area contributed by atoms with Gasteiger partial charge >= 0.3 is 0 Å². The minimum Gasteiger partial charge on any atom is -0.323 e. The lowest BCUT2D eigenvalue weighted by Gasteiger charge is -2.17. The summed E-state index contributed by atoms with van der Waals surface area (Å²) in [7, 11) is 0. The Morgan fingerprint density at radius 3 is 2.59 bits per heavy atom. The molecule has 0 bridgehead atoms. The van der Waals surface area contributed by atoms with Crippen LogP contribution >= 0.6 is 11.8 Å². The molecule has 1 aromatic carbocycles. The molecule has 0 spiro atoms. The van der Waals surface area contributed by atoms with E-state index in [0.29, 0.717) is 5.75 Å². The van der Waals surface area contributed by atoms with Gasteiger partial charge in [0.05, 0.1) is 11.4 Å². The third-order valence-corrected chi connectivity index (χ3v) is 3.31. The average Bonchev–Trinajstić information content (AvgIpc) is 2.18. The maximum Gasteiger partial charge on any atom is 0.234 e. The standard InChI is InChI=1S/C13H18FNOS/c1-9-5-6-11(10(14)7-9)15-12(16)8-17-13(2,3)4/h5-7H,8H2,1-4H3,(H,15,16). The number of thioether (sulfide) groups is 1. The quantitative estimate of drug-likeness (QED) is 0.894. The highest BCUT2D eigenvalue weighted by molar-refractivity contribution is 8.01. The number of carbonyl (C=O) groups excluding carboxylic acids is 1. The average molecular weight is 255 g/mol. The molecule has 0 aliphatic carbocycles. The Balaban J connectivity index is 2.57. The molecule has 2 nitrogen and oxygen atoms in total. The van der Waals surface area contributed by atoms with Gasteiger partial charge in [-0.1, -0.05) is 26.8 Å². The van der Waals surface area contributed by atoms with Gasteiger partial charge in [-0.3, -0.25) is 4.79 Å². The van der Waals surface area contributed by atoms with Gasteiger partial charge < -0.3 is 5.32 Å². The second-order valence-corrected chi connectivity index (χ2v) is 6.73. The van der Waals surface area contributed by atoms with E-state index in [1.165, 1.54) is 17.8 Å². The van der Waals surface area contributed by atoms with Gasteiger partial charge in [-0.15, -0.1) is 11.8 Å². The summed E-state index contributed by atoms with van der Waals surface area (Å²) in [6.07, 6.45) is 0. The first-order chi connectivity index (χ1) is 7.78. The van der Waals surface area contributed by atoms with Crippen LogP contribution in [0.1, 0.15) is 26.3 Å². The number of benzene rings is 1. The number of nitrogens with one attached hydrogen (secondary N) is 1. The van der Waals surface area contributed by atoms with Gasteiger partial charge in [0, 0.05) is 4.75 Å². The van der Waals surface area contributed by atoms with E-state index in [1.54, 1.807) is 12.1 Å². The van der Waals surface area contributed by atoms with Gasteiger partial charge in [-0.25, -0.2) is 4.39 Å². The SMILES string of the molecule is Cc1ccc(NC(=O)CSC(C)(C)C)c(F)c1. The molecule has 0 atom stereocenters. The highest BCUT2D eigenvalue weighted by Gasteiger charge is 2.14. The van der Waals surface area contributed by atoms with Crippen LogP contribution < -0.4 is 5.32 Å². The molecule has 0 aliphatic heterocycles. The van der Waals surface area contributed by atoms with Crippen molar-refractivity contribution in [2.75, 3.05) is 11.1 Å². The zero-order valence-electron chi connectivity index (χ0n) is 10.6. The Kier molecular flexibility index (Phi) is 4.57. The van der Waals surface area contributed by atoms with Gasteiger partial charge in [0.2, 0.25) is 5.91 Å². The normalized spacial score (nSPS) is 11.4. The van der Waals surface area contributed by atoms with Crippen molar-refractivity contribution in [2.45, 2.75) is 32.4 Å². The van der Waals surface area contributed by atoms with Crippen LogP contribution in [0.25, 0.3) is 0 Å². The van der Waals surface area contributed by atoms with Crippen molar-refractivity contribution in [2.24, 2.45) is 0 Å². The molecule has 1 amide bonds. The molecule has 0 saturated heterocycles. The maximum absolute atomic E-state index is 13.5. The maximum atomic E-state index is 13.5. The minimum atomic E-state index is -0.390. The van der Waals surface area contributed by atoms with Crippen molar-refractivity contribution in [3.05, 3.63) is 29.6 Å². The van der Waals surface area contributed by atoms with E-state index in [-0.39, 0.29) is 22.2 Å². The number of hydrogen-bond acceptors (Lipinski definition) is 2. The van der Waals surface area contributed by atoms with Crippen LogP contribution in [-0.2, 0) is 4.79 Å². The molecule has 0 unspecified atom stereocenters. The van der Waals surface area contributed by atoms with Crippen LogP contribution in [0.2, 0.25) is 0 Å². The predicted molar refractivity (Wildman–Crippen MR) is 72.0 cm³/mol. The van der Waals surface area contributed by atoms with Gasteiger partial charge in [-0.2, -0.15) is 0 Å². The highest BCUT2D eigenvalue weighted by atomic mass is 32.2. The summed E-state index contributed by atoms with van der Waals surface area (Å²) in [5.74, 6) is -0.233. The Labute approximate surface area is 106 Å². The third-order valence-electron chi connectivity index (χ3n) is 2.03. The summed E-state index contributed by atoms with van der Waals surface area (Å²) in [5, 5.41) is 2.58. The van der Waals surface area contributed by atoms with Crippen molar-refractivity contribution in [1.82, 2.24) is 0 Å². The lowest BCUT2D eigenvalue weighted by Crippen LogP contribution is -2.19. The fraction of sp³-hybridized carbons (Fsp3) is 0.462. The molecule has 17 heavy (non-hydrogen) atoms. The fourth-order valence-corrected chi connectivity index (χ4v) is 1.83. The number of anilines is 1. The lowest BCUT2D eigenvalue weighted by atomic mass is 10.2. The van der Waals surface area contributed by atoms with Crippen LogP contribution in [0.4, 0.5) is 10.1 Å². The molecule has 0 aliphatic rings. The van der Waals surface area contributed by atoms with Crippen molar-refractivity contribution in [3.8, 4) is 0 Å². The first-order valence-electron chi connectivity index (χ1n) is 5.48. The van der Waals surface area contributed by atoms with Crippen molar-refractivity contribution in [3.63, 3.8) is 0 Å². The van der Waals surface area contributed by atoms with E-state index in [9.17, 15) is 9.18 Å². The van der Waals surface area contributed by atoms with Gasteiger partial charge in [-0.05, 0) is 24.6 Å². The van der Waals surface area contributed by atoms with Crippen LogP contribution in [0.5, 0.6) is 0 Å². The number of carbonyl (C=O) groups is 1. The molecule has 0 radical (unpaired) electrons. The van der Waals surface area contributed by atoms with Crippen molar-refractivity contribution in [1.29, 1.82) is 0 Å². The summed E-state index contributed by atoms with van der Waals surface area (Å²) in [6, 6.07) is 4.77. The third kappa shape index (κ3) is 5.22. The predicted octanol–water partition coefficient (Wildman–Crippen LogP) is 3.60. The number of rotatable bonds is 3. The Morgan fingerprint density at radius 2 is 2.06 bits per heavy atom. The van der Waals surface area contributed by atoms with Gasteiger partial charge in [0.1, 0.15) is 5.82 Å². The molecule has 0 heterocycles. The summed E-state index contributed by atoms with van der Waals surface area (Å²) < 4.78 is 13.5. The number of aryl methyl sites for hydroxylation is 1. The summed E-state index contributed by atoms with van der Waals surface area (Å²) in [6.45, 7) is 7.93. The fourth-order valence-electron chi connectivity index (χ4n) is 1.19. The minimum absolute atomic E-state index is 0.0309. The Hall–Kier alpha value is -1.03. The molecule has 0 fully saturated rings. The van der Waals surface area contributed by atoms with Gasteiger partial charge in [0.25, 0.3) is 0 Å². The van der Waals surface area contributed by atoms with Crippen LogP contribution in [0, 0.1) is 12.7 Å². The summed E-state index contributed by atoms with van der Waals surface area (Å²) in [4.78, 5) is 11.6. The van der Waals surface area contributed by atoms with Crippen molar-refractivity contribution >= 4 is 23.4 Å². The second kappa shape index (κ2) is 5.54. The molecule has 0 aromatic heterocycles. The molecule has 0 saturated carbocycles. The number of amides is 1. The van der Waals surface area contributed by atoms with Crippen LogP contribution in [-0.4, -0.2) is 16.4 Å². The molecule has 1 N–H and O–H groups in total. The Morgan fingerprint density at radius 1 is 1.41 bits per heavy atom. The molecule has 1 aromatic rings. The van der Waals surface area contributed by atoms with E-state index in [2.05, 4.69) is 5.32 Å². The van der Waals surface area contributed by atoms with E-state index in [0.717, 1.165) is 5.56 Å². The van der Waals surface area contributed by atoms with Gasteiger partial charge in [0.15, 0.2) is 0 Å². The number of halogens is 1. The smallest absolute Gasteiger partial charge is 0.234 e. The topological polar surface area (TPSA) is 29.1 Å². The number of hydrogen-bond donors (Lipinski definition) is 1. The Bertz CT molecular complexity index is 412. The van der Waals surface area contributed by atoms with Crippen LogP contribution in [0.3, 0.4) is 0 Å². The molecular weight excluding hydrogens is 237 g/mol. The summed E-state index contributed by atoms with van der Waals surface area (Å²) >= 11 is 1.54.